The van der Waals surface area contributed by atoms with Crippen molar-refractivity contribution in [3.05, 3.63) is 69.1 Å². The third kappa shape index (κ3) is 5.13. The number of thioether (sulfide) groups is 2. The van der Waals surface area contributed by atoms with Crippen LogP contribution in [0.4, 0.5) is 0 Å². The molecule has 1 unspecified atom stereocenters. The second-order valence-electron chi connectivity index (χ2n) is 7.38. The van der Waals surface area contributed by atoms with Crippen LogP contribution in [0.2, 0.25) is 0 Å². The lowest BCUT2D eigenvalue weighted by molar-refractivity contribution is -0.146. The van der Waals surface area contributed by atoms with Crippen molar-refractivity contribution in [2.75, 3.05) is 5.75 Å². The number of hydrogen-bond acceptors (Lipinski definition) is 8. The summed E-state index contributed by atoms with van der Waals surface area (Å²) in [6.07, 6.45) is 0.752. The first kappa shape index (κ1) is 23.5. The van der Waals surface area contributed by atoms with Gasteiger partial charge in [0.25, 0.3) is 5.56 Å². The number of carbonyl (C=O) groups is 2. The maximum absolute atomic E-state index is 12.2. The highest BCUT2D eigenvalue weighted by Crippen LogP contribution is 2.44. The highest BCUT2D eigenvalue weighted by atomic mass is 32.2. The molecule has 2 aliphatic rings. The van der Waals surface area contributed by atoms with Gasteiger partial charge in [-0.3, -0.25) is 14.5 Å². The molecule has 1 aromatic carbocycles. The monoisotopic (exact) mass is 503 g/mol. The van der Waals surface area contributed by atoms with E-state index in [0.29, 0.717) is 28.6 Å². The van der Waals surface area contributed by atoms with Gasteiger partial charge in [0.1, 0.15) is 10.7 Å². The molecule has 0 spiro atoms. The number of carboxylic acid groups (broad SMARTS) is 1. The van der Waals surface area contributed by atoms with Crippen LogP contribution in [0.1, 0.15) is 17.5 Å². The molecule has 0 aliphatic carbocycles. The number of amides is 1. The summed E-state index contributed by atoms with van der Waals surface area (Å²) >= 11 is 8.35. The van der Waals surface area contributed by atoms with Gasteiger partial charge < -0.3 is 16.2 Å². The summed E-state index contributed by atoms with van der Waals surface area (Å²) in [5, 5.41) is 19.4. The van der Waals surface area contributed by atoms with Gasteiger partial charge in [-0.1, -0.05) is 36.5 Å². The van der Waals surface area contributed by atoms with Gasteiger partial charge in [-0.05, 0) is 17.2 Å². The van der Waals surface area contributed by atoms with Crippen molar-refractivity contribution < 1.29 is 14.7 Å². The number of carbonyl (C=O) groups excluding carboxylic acids is 1. The van der Waals surface area contributed by atoms with Crippen LogP contribution in [0, 0.1) is 0 Å². The maximum Gasteiger partial charge on any atom is 0.352 e. The average Bonchev–Trinajstić information content (AvgIpc) is 2.78. The number of benzene rings is 1. The fourth-order valence-electron chi connectivity index (χ4n) is 3.65. The number of nitrogens with one attached hydrogen (secondary N) is 2. The third-order valence-electron chi connectivity index (χ3n) is 5.27. The van der Waals surface area contributed by atoms with Crippen LogP contribution in [-0.4, -0.2) is 53.6 Å². The number of rotatable bonds is 8. The first-order valence-corrected chi connectivity index (χ1v) is 12.4. The van der Waals surface area contributed by atoms with E-state index < -0.39 is 11.3 Å². The Labute approximate surface area is 203 Å². The van der Waals surface area contributed by atoms with Crippen molar-refractivity contribution in [3.63, 3.8) is 0 Å². The van der Waals surface area contributed by atoms with Gasteiger partial charge in [-0.25, -0.2) is 9.89 Å². The van der Waals surface area contributed by atoms with Crippen LogP contribution >= 0.6 is 35.7 Å². The number of aromatic nitrogens is 2. The van der Waals surface area contributed by atoms with Gasteiger partial charge in [-0.2, -0.15) is 5.10 Å². The van der Waals surface area contributed by atoms with Crippen LogP contribution in [0.5, 0.6) is 0 Å². The van der Waals surface area contributed by atoms with Crippen molar-refractivity contribution in [1.29, 1.82) is 0 Å². The van der Waals surface area contributed by atoms with E-state index in [2.05, 4.69) is 15.5 Å². The largest absolute Gasteiger partial charge is 0.477 e. The predicted octanol–water partition coefficient (Wildman–Crippen LogP) is 1.45. The average molecular weight is 504 g/mol. The van der Waals surface area contributed by atoms with Crippen molar-refractivity contribution >= 4 is 52.6 Å². The van der Waals surface area contributed by atoms with Gasteiger partial charge in [0.2, 0.25) is 5.91 Å². The molecule has 3 heterocycles. The summed E-state index contributed by atoms with van der Waals surface area (Å²) in [6, 6.07) is 10.7. The van der Waals surface area contributed by atoms with E-state index in [1.54, 1.807) is 6.07 Å². The van der Waals surface area contributed by atoms with E-state index in [0.717, 1.165) is 11.1 Å². The zero-order valence-corrected chi connectivity index (χ0v) is 19.8. The Balaban J connectivity index is 1.58. The molecule has 172 valence electrons. The van der Waals surface area contributed by atoms with E-state index in [-0.39, 0.29) is 34.7 Å². The van der Waals surface area contributed by atoms with E-state index in [1.165, 1.54) is 34.5 Å². The fraction of sp³-hybridized carbons (Fsp3) is 0.286. The number of aromatic amines is 1. The molecule has 33 heavy (non-hydrogen) atoms. The van der Waals surface area contributed by atoms with Gasteiger partial charge in [0.05, 0.1) is 22.2 Å². The maximum atomic E-state index is 12.2. The highest BCUT2D eigenvalue weighted by Gasteiger charge is 2.48. The quantitative estimate of drug-likeness (QED) is 0.238. The number of nitrogens with zero attached hydrogens (tertiary/aromatic N) is 2. The number of hydrogen-bond donors (Lipinski definition) is 4. The number of nitrogens with two attached hydrogens (primary N) is 1. The fourth-order valence-corrected chi connectivity index (χ4v) is 6.45. The molecule has 0 saturated carbocycles. The lowest BCUT2D eigenvalue weighted by Crippen LogP contribution is -2.57. The molecule has 2 atom stereocenters. The van der Waals surface area contributed by atoms with Crippen molar-refractivity contribution in [2.45, 2.75) is 35.2 Å². The molecule has 1 fully saturated rings. The Morgan fingerprint density at radius 2 is 2.06 bits per heavy atom. The summed E-state index contributed by atoms with van der Waals surface area (Å²) in [7, 11) is 0. The summed E-state index contributed by atoms with van der Waals surface area (Å²) in [5.41, 5.74) is 8.03. The summed E-state index contributed by atoms with van der Waals surface area (Å²) in [4.78, 5) is 37.5. The number of fused-ring (bicyclic) bond motifs is 1. The van der Waals surface area contributed by atoms with Gasteiger partial charge in [0, 0.05) is 30.4 Å². The SMILES string of the molecule is NCc1ccccc1CC(=S)NC1S[C@@H]2CC(=O)N2C(C(=O)O)=C1CSc1ccc(=O)[nH]n1. The Bertz CT molecular complexity index is 1180. The number of thiocarbonyl (C=S) groups is 1. The van der Waals surface area contributed by atoms with Crippen molar-refractivity contribution in [2.24, 2.45) is 5.73 Å². The van der Waals surface area contributed by atoms with E-state index in [1.807, 2.05) is 24.3 Å². The van der Waals surface area contributed by atoms with Crippen LogP contribution < -0.4 is 16.6 Å². The molecular weight excluding hydrogens is 482 g/mol. The van der Waals surface area contributed by atoms with Crippen molar-refractivity contribution in [1.82, 2.24) is 20.4 Å². The molecule has 0 bridgehead atoms. The summed E-state index contributed by atoms with van der Waals surface area (Å²) in [6.45, 7) is 0.396. The van der Waals surface area contributed by atoms with Gasteiger partial charge in [0.15, 0.2) is 0 Å². The normalized spacial score (nSPS) is 19.7. The van der Waals surface area contributed by atoms with Crippen LogP contribution in [0.3, 0.4) is 0 Å². The molecule has 1 aromatic heterocycles. The van der Waals surface area contributed by atoms with E-state index in [4.69, 9.17) is 18.0 Å². The molecule has 5 N–H and O–H groups in total. The third-order valence-corrected chi connectivity index (χ3v) is 7.88. The minimum atomic E-state index is -1.16. The van der Waals surface area contributed by atoms with Crippen molar-refractivity contribution in [3.8, 4) is 0 Å². The van der Waals surface area contributed by atoms with Gasteiger partial charge >= 0.3 is 5.97 Å². The lowest BCUT2D eigenvalue weighted by atomic mass is 10.0. The standard InChI is InChI=1S/C21H21N5O4S3/c22-9-12-4-2-1-3-11(12)7-15(31)23-20-13(10-32-16-6-5-14(27)24-25-16)19(21(29)30)26-17(28)8-18(26)33-20/h1-6,18,20H,7-10,22H2,(H,23,31)(H,24,27)(H,29,30)/t18-,20?/m1/s1. The molecular formula is C21H21N5O4S3. The van der Waals surface area contributed by atoms with E-state index in [9.17, 15) is 19.5 Å². The topological polar surface area (TPSA) is 141 Å². The number of carboxylic acids is 1. The van der Waals surface area contributed by atoms with Crippen LogP contribution in [-0.2, 0) is 22.6 Å². The molecule has 4 rings (SSSR count). The first-order chi connectivity index (χ1) is 15.9. The second-order valence-corrected chi connectivity index (χ2v) is 10.2. The van der Waals surface area contributed by atoms with Crippen LogP contribution in [0.25, 0.3) is 0 Å². The van der Waals surface area contributed by atoms with Gasteiger partial charge in [-0.15, -0.1) is 23.5 Å². The number of H-pyrrole nitrogens is 1. The minimum Gasteiger partial charge on any atom is -0.477 e. The molecule has 1 amide bonds. The predicted molar refractivity (Wildman–Crippen MR) is 131 cm³/mol. The zero-order chi connectivity index (χ0) is 23.5. The Morgan fingerprint density at radius 3 is 2.70 bits per heavy atom. The minimum absolute atomic E-state index is 0.0189. The molecule has 1 saturated heterocycles. The molecule has 0 radical (unpaired) electrons. The zero-order valence-electron chi connectivity index (χ0n) is 17.3. The first-order valence-electron chi connectivity index (χ1n) is 10.1. The Morgan fingerprint density at radius 1 is 1.30 bits per heavy atom. The molecule has 2 aliphatic heterocycles. The van der Waals surface area contributed by atoms with E-state index >= 15 is 0 Å². The highest BCUT2D eigenvalue weighted by molar-refractivity contribution is 8.01. The number of aliphatic carboxylic acids is 1. The smallest absolute Gasteiger partial charge is 0.352 e. The second kappa shape index (κ2) is 10.1. The summed E-state index contributed by atoms with van der Waals surface area (Å²) in [5.74, 6) is -1.12. The Hall–Kier alpha value is -2.67. The Kier molecular flexibility index (Phi) is 7.17. The molecule has 2 aromatic rings. The lowest BCUT2D eigenvalue weighted by Gasteiger charge is -2.47. The number of β-lactam (4-membered cyclic amide) rings is 1. The van der Waals surface area contributed by atoms with Crippen LogP contribution in [0.15, 0.2) is 57.5 Å². The summed E-state index contributed by atoms with van der Waals surface area (Å²) < 4.78 is 0. The molecule has 9 nitrogen and oxygen atoms in total. The molecule has 12 heteroatoms.